The van der Waals surface area contributed by atoms with Crippen LogP contribution in [0.5, 0.6) is 0 Å². The molecule has 4 heteroatoms. The van der Waals surface area contributed by atoms with Gasteiger partial charge in [0.1, 0.15) is 5.82 Å². The molecule has 1 heterocycles. The third kappa shape index (κ3) is 2.83. The fourth-order valence-corrected chi connectivity index (χ4v) is 0.977. The zero-order valence-electron chi connectivity index (χ0n) is 7.36. The average molecular weight is 179 g/mol. The van der Waals surface area contributed by atoms with Crippen LogP contribution >= 0.6 is 0 Å². The molecule has 0 radical (unpaired) electrons. The third-order valence-electron chi connectivity index (χ3n) is 1.72. The Balaban J connectivity index is 2.61. The quantitative estimate of drug-likeness (QED) is 0.662. The summed E-state index contributed by atoms with van der Waals surface area (Å²) in [6.07, 6.45) is 2.68. The summed E-state index contributed by atoms with van der Waals surface area (Å²) in [4.78, 5) is 15.2. The molecule has 0 aliphatic rings. The Kier molecular flexibility index (Phi) is 3.40. The van der Waals surface area contributed by atoms with Crippen LogP contribution < -0.4 is 11.5 Å². The molecule has 1 aromatic heterocycles. The second-order valence-corrected chi connectivity index (χ2v) is 2.79. The van der Waals surface area contributed by atoms with Gasteiger partial charge in [-0.15, -0.1) is 0 Å². The van der Waals surface area contributed by atoms with Crippen molar-refractivity contribution in [3.05, 3.63) is 23.9 Å². The van der Waals surface area contributed by atoms with Gasteiger partial charge in [0.25, 0.3) is 0 Å². The lowest BCUT2D eigenvalue weighted by molar-refractivity contribution is 0.0980. The zero-order valence-corrected chi connectivity index (χ0v) is 7.36. The van der Waals surface area contributed by atoms with Crippen LogP contribution in [0.1, 0.15) is 23.2 Å². The lowest BCUT2D eigenvalue weighted by Gasteiger charge is -1.99. The maximum Gasteiger partial charge on any atom is 0.164 e. The SMILES string of the molecule is NCCCC(=O)c1ccc(N)nc1. The number of rotatable bonds is 4. The van der Waals surface area contributed by atoms with Crippen LogP contribution in [0.2, 0.25) is 0 Å². The van der Waals surface area contributed by atoms with E-state index in [2.05, 4.69) is 4.98 Å². The number of hydrogen-bond acceptors (Lipinski definition) is 4. The molecule has 4 N–H and O–H groups in total. The van der Waals surface area contributed by atoms with Crippen LogP contribution in [0.3, 0.4) is 0 Å². The molecule has 0 spiro atoms. The monoisotopic (exact) mass is 179 g/mol. The fourth-order valence-electron chi connectivity index (χ4n) is 0.977. The van der Waals surface area contributed by atoms with Crippen LogP contribution in [0, 0.1) is 0 Å². The van der Waals surface area contributed by atoms with Gasteiger partial charge in [-0.1, -0.05) is 0 Å². The summed E-state index contributed by atoms with van der Waals surface area (Å²) in [5.41, 5.74) is 11.3. The Morgan fingerprint density at radius 1 is 1.46 bits per heavy atom. The highest BCUT2D eigenvalue weighted by molar-refractivity contribution is 5.95. The van der Waals surface area contributed by atoms with E-state index in [-0.39, 0.29) is 5.78 Å². The van der Waals surface area contributed by atoms with Gasteiger partial charge in [-0.25, -0.2) is 4.98 Å². The standard InChI is InChI=1S/C9H13N3O/c10-5-1-2-8(13)7-3-4-9(11)12-6-7/h3-4,6H,1-2,5,10H2,(H2,11,12). The number of carbonyl (C=O) groups is 1. The van der Waals surface area contributed by atoms with Gasteiger partial charge in [0.15, 0.2) is 5.78 Å². The van der Waals surface area contributed by atoms with E-state index in [0.29, 0.717) is 30.8 Å². The number of nitrogens with zero attached hydrogens (tertiary/aromatic N) is 1. The second-order valence-electron chi connectivity index (χ2n) is 2.79. The van der Waals surface area contributed by atoms with E-state index in [0.717, 1.165) is 0 Å². The zero-order chi connectivity index (χ0) is 9.68. The Labute approximate surface area is 77.0 Å². The molecule has 0 unspecified atom stereocenters. The third-order valence-corrected chi connectivity index (χ3v) is 1.72. The molecular formula is C9H13N3O. The Morgan fingerprint density at radius 2 is 2.23 bits per heavy atom. The summed E-state index contributed by atoms with van der Waals surface area (Å²) in [6, 6.07) is 3.30. The van der Waals surface area contributed by atoms with E-state index in [9.17, 15) is 4.79 Å². The molecule has 1 aromatic rings. The summed E-state index contributed by atoms with van der Waals surface area (Å²) in [5, 5.41) is 0. The molecule has 0 aliphatic heterocycles. The molecule has 0 atom stereocenters. The topological polar surface area (TPSA) is 82.0 Å². The first-order chi connectivity index (χ1) is 6.24. The van der Waals surface area contributed by atoms with Crippen molar-refractivity contribution < 1.29 is 4.79 Å². The summed E-state index contributed by atoms with van der Waals surface area (Å²) in [6.45, 7) is 0.536. The van der Waals surface area contributed by atoms with E-state index < -0.39 is 0 Å². The lowest BCUT2D eigenvalue weighted by Crippen LogP contribution is -2.05. The van der Waals surface area contributed by atoms with Gasteiger partial charge in [-0.2, -0.15) is 0 Å². The van der Waals surface area contributed by atoms with Gasteiger partial charge in [0.2, 0.25) is 0 Å². The molecule has 0 bridgehead atoms. The molecule has 0 aromatic carbocycles. The Morgan fingerprint density at radius 3 is 2.77 bits per heavy atom. The number of nitrogens with two attached hydrogens (primary N) is 2. The number of carbonyl (C=O) groups excluding carboxylic acids is 1. The molecular weight excluding hydrogens is 166 g/mol. The summed E-state index contributed by atoms with van der Waals surface area (Å²) < 4.78 is 0. The van der Waals surface area contributed by atoms with E-state index in [1.54, 1.807) is 12.1 Å². The van der Waals surface area contributed by atoms with Gasteiger partial charge < -0.3 is 11.5 Å². The van der Waals surface area contributed by atoms with Crippen molar-refractivity contribution in [3.63, 3.8) is 0 Å². The molecule has 1 rings (SSSR count). The smallest absolute Gasteiger partial charge is 0.164 e. The highest BCUT2D eigenvalue weighted by Gasteiger charge is 2.04. The van der Waals surface area contributed by atoms with Crippen molar-refractivity contribution in [2.24, 2.45) is 5.73 Å². The maximum absolute atomic E-state index is 11.4. The van der Waals surface area contributed by atoms with E-state index in [1.165, 1.54) is 6.20 Å². The van der Waals surface area contributed by atoms with Crippen molar-refractivity contribution in [3.8, 4) is 0 Å². The number of aromatic nitrogens is 1. The van der Waals surface area contributed by atoms with Crippen molar-refractivity contribution in [2.75, 3.05) is 12.3 Å². The van der Waals surface area contributed by atoms with Crippen LogP contribution in [0.15, 0.2) is 18.3 Å². The lowest BCUT2D eigenvalue weighted by atomic mass is 10.1. The number of ketones is 1. The first-order valence-corrected chi connectivity index (χ1v) is 4.19. The molecule has 0 saturated heterocycles. The maximum atomic E-state index is 11.4. The highest BCUT2D eigenvalue weighted by Crippen LogP contribution is 2.05. The van der Waals surface area contributed by atoms with E-state index >= 15 is 0 Å². The van der Waals surface area contributed by atoms with Gasteiger partial charge in [0.05, 0.1) is 0 Å². The fraction of sp³-hybridized carbons (Fsp3) is 0.333. The molecule has 0 amide bonds. The minimum Gasteiger partial charge on any atom is -0.384 e. The molecule has 0 saturated carbocycles. The minimum absolute atomic E-state index is 0.0675. The van der Waals surface area contributed by atoms with Crippen LogP contribution in [0.4, 0.5) is 5.82 Å². The number of Topliss-reactive ketones (excluding diaryl/α,β-unsaturated/α-hetero) is 1. The Hall–Kier alpha value is -1.42. The Bertz CT molecular complexity index is 281. The average Bonchev–Trinajstić information content (AvgIpc) is 2.15. The summed E-state index contributed by atoms with van der Waals surface area (Å²) >= 11 is 0. The minimum atomic E-state index is 0.0675. The summed E-state index contributed by atoms with van der Waals surface area (Å²) in [5.74, 6) is 0.494. The summed E-state index contributed by atoms with van der Waals surface area (Å²) in [7, 11) is 0. The molecule has 13 heavy (non-hydrogen) atoms. The number of anilines is 1. The van der Waals surface area contributed by atoms with Gasteiger partial charge in [-0.3, -0.25) is 4.79 Å². The number of hydrogen-bond donors (Lipinski definition) is 2. The first kappa shape index (κ1) is 9.67. The number of pyridine rings is 1. The van der Waals surface area contributed by atoms with Crippen molar-refractivity contribution in [2.45, 2.75) is 12.8 Å². The molecule has 70 valence electrons. The predicted octanol–water partition coefficient (Wildman–Crippen LogP) is 0.585. The van der Waals surface area contributed by atoms with Gasteiger partial charge in [-0.05, 0) is 25.1 Å². The highest BCUT2D eigenvalue weighted by atomic mass is 16.1. The van der Waals surface area contributed by atoms with Gasteiger partial charge >= 0.3 is 0 Å². The molecule has 0 fully saturated rings. The number of nitrogen functional groups attached to an aromatic ring is 1. The van der Waals surface area contributed by atoms with E-state index in [4.69, 9.17) is 11.5 Å². The van der Waals surface area contributed by atoms with Crippen molar-refractivity contribution in [1.82, 2.24) is 4.98 Å². The van der Waals surface area contributed by atoms with E-state index in [1.807, 2.05) is 0 Å². The van der Waals surface area contributed by atoms with Crippen LogP contribution in [0.25, 0.3) is 0 Å². The van der Waals surface area contributed by atoms with Crippen LogP contribution in [-0.4, -0.2) is 17.3 Å². The van der Waals surface area contributed by atoms with Crippen LogP contribution in [-0.2, 0) is 0 Å². The molecule has 4 nitrogen and oxygen atoms in total. The normalized spacial score (nSPS) is 9.92. The predicted molar refractivity (Wildman–Crippen MR) is 51.3 cm³/mol. The van der Waals surface area contributed by atoms with Crippen molar-refractivity contribution in [1.29, 1.82) is 0 Å². The van der Waals surface area contributed by atoms with Crippen molar-refractivity contribution >= 4 is 11.6 Å². The first-order valence-electron chi connectivity index (χ1n) is 4.19. The molecule has 0 aliphatic carbocycles. The second kappa shape index (κ2) is 4.57. The largest absolute Gasteiger partial charge is 0.384 e. The van der Waals surface area contributed by atoms with Gasteiger partial charge in [0, 0.05) is 18.2 Å².